The second-order valence-corrected chi connectivity index (χ2v) is 8.60. The summed E-state index contributed by atoms with van der Waals surface area (Å²) in [4.78, 5) is 16.2. The van der Waals surface area contributed by atoms with E-state index in [1.54, 1.807) is 24.0 Å². The van der Waals surface area contributed by atoms with Gasteiger partial charge in [0.05, 0.1) is 11.7 Å². The summed E-state index contributed by atoms with van der Waals surface area (Å²) in [5.74, 6) is 1.64. The maximum atomic E-state index is 11.8. The number of aromatic nitrogens is 1. The van der Waals surface area contributed by atoms with Crippen LogP contribution >= 0.6 is 11.8 Å². The van der Waals surface area contributed by atoms with E-state index < -0.39 is 17.6 Å². The molecule has 1 aliphatic carbocycles. The number of nitrogens with two attached hydrogens (primary N) is 1. The van der Waals surface area contributed by atoms with Gasteiger partial charge in [-0.1, -0.05) is 19.8 Å². The van der Waals surface area contributed by atoms with Crippen LogP contribution in [0.4, 0.5) is 0 Å². The molecule has 148 valence electrons. The van der Waals surface area contributed by atoms with Gasteiger partial charge in [0.2, 0.25) is 0 Å². The molecule has 0 saturated heterocycles. The number of pyridine rings is 1. The quantitative estimate of drug-likeness (QED) is 0.504. The van der Waals surface area contributed by atoms with Gasteiger partial charge < -0.3 is 20.4 Å². The largest absolute Gasteiger partial charge is 0.479 e. The van der Waals surface area contributed by atoms with E-state index in [1.165, 1.54) is 12.8 Å². The highest BCUT2D eigenvalue weighted by Crippen LogP contribution is 2.34. The minimum atomic E-state index is -2.06. The number of aliphatic carboxylic acids is 1. The molecule has 0 aromatic carbocycles. The fraction of sp³-hybridized carbons (Fsp3) is 0.600. The highest BCUT2D eigenvalue weighted by atomic mass is 32.2. The number of carboxylic acid groups (broad SMARTS) is 1. The fourth-order valence-corrected chi connectivity index (χ4v) is 4.19. The van der Waals surface area contributed by atoms with E-state index in [2.05, 4.69) is 4.98 Å². The maximum Gasteiger partial charge on any atom is 0.337 e. The lowest BCUT2D eigenvalue weighted by molar-refractivity contribution is -0.160. The van der Waals surface area contributed by atoms with E-state index >= 15 is 0 Å². The van der Waals surface area contributed by atoms with Gasteiger partial charge in [0.15, 0.2) is 5.60 Å². The smallest absolute Gasteiger partial charge is 0.337 e. The lowest BCUT2D eigenvalue weighted by Gasteiger charge is -2.29. The van der Waals surface area contributed by atoms with Crippen LogP contribution in [0, 0.1) is 5.92 Å². The number of hydrogen-bond donors (Lipinski definition) is 3. The lowest BCUT2D eigenvalue weighted by atomic mass is 9.89. The average molecular weight is 393 g/mol. The van der Waals surface area contributed by atoms with Crippen LogP contribution in [-0.2, 0) is 17.6 Å². The zero-order valence-corrected chi connectivity index (χ0v) is 16.5. The highest BCUT2D eigenvalue weighted by Gasteiger charge is 2.43. The Morgan fingerprint density at radius 3 is 2.96 bits per heavy atom. The van der Waals surface area contributed by atoms with Gasteiger partial charge in [0.1, 0.15) is 11.3 Å². The van der Waals surface area contributed by atoms with Crippen molar-refractivity contribution in [3.63, 3.8) is 0 Å². The molecule has 6 nitrogen and oxygen atoms in total. The van der Waals surface area contributed by atoms with E-state index in [4.69, 9.17) is 10.2 Å². The van der Waals surface area contributed by atoms with Gasteiger partial charge in [0, 0.05) is 30.2 Å². The molecule has 0 bridgehead atoms. The number of carboxylic acids is 1. The molecule has 1 fully saturated rings. The summed E-state index contributed by atoms with van der Waals surface area (Å²) >= 11 is 1.55. The van der Waals surface area contributed by atoms with Crippen LogP contribution in [0.15, 0.2) is 22.7 Å². The molecule has 7 heteroatoms. The second kappa shape index (κ2) is 8.63. The van der Waals surface area contributed by atoms with Gasteiger partial charge in [-0.3, -0.25) is 4.98 Å². The first-order chi connectivity index (χ1) is 12.9. The Morgan fingerprint density at radius 2 is 2.30 bits per heavy atom. The summed E-state index contributed by atoms with van der Waals surface area (Å²) < 4.78 is 5.90. The molecule has 2 unspecified atom stereocenters. The molecule has 27 heavy (non-hydrogen) atoms. The molecule has 0 radical (unpaired) electrons. The zero-order chi connectivity index (χ0) is 19.4. The average Bonchev–Trinajstić information content (AvgIpc) is 3.37. The molecule has 4 N–H and O–H groups in total. The van der Waals surface area contributed by atoms with Crippen LogP contribution in [0.5, 0.6) is 0 Å². The lowest BCUT2D eigenvalue weighted by Crippen LogP contribution is -2.57. The third-order valence-corrected chi connectivity index (χ3v) is 6.43. The maximum absolute atomic E-state index is 11.8. The van der Waals surface area contributed by atoms with E-state index in [0.717, 1.165) is 42.1 Å². The van der Waals surface area contributed by atoms with Crippen molar-refractivity contribution in [3.8, 4) is 0 Å². The second-order valence-electron chi connectivity index (χ2n) is 7.45. The Balaban J connectivity index is 1.80. The van der Waals surface area contributed by atoms with Crippen molar-refractivity contribution in [1.82, 2.24) is 4.98 Å². The van der Waals surface area contributed by atoms with Crippen LogP contribution in [-0.4, -0.2) is 44.3 Å². The topological polar surface area (TPSA) is 110 Å². The molecule has 2 aromatic heterocycles. The number of nitrogens with zero attached hydrogens (tertiary/aromatic N) is 1. The normalized spacial score (nSPS) is 17.7. The number of rotatable bonds is 11. The molecule has 0 amide bonds. The number of carbonyl (C=O) groups is 1. The Kier molecular flexibility index (Phi) is 6.44. The SMILES string of the molecule is CCCSCC(N)C(O)(Cc1nccc2oc(CCC3CC3)cc12)C(=O)O. The molecule has 3 rings (SSSR count). The number of furan rings is 1. The predicted octanol–water partition coefficient (Wildman–Crippen LogP) is 3.00. The molecule has 2 heterocycles. The minimum Gasteiger partial charge on any atom is -0.479 e. The molecule has 1 aliphatic rings. The third kappa shape index (κ3) is 4.83. The fourth-order valence-electron chi connectivity index (χ4n) is 3.20. The van der Waals surface area contributed by atoms with Gasteiger partial charge in [-0.05, 0) is 36.6 Å². The van der Waals surface area contributed by atoms with Gasteiger partial charge in [-0.25, -0.2) is 4.79 Å². The van der Waals surface area contributed by atoms with Gasteiger partial charge in [0.25, 0.3) is 0 Å². The zero-order valence-electron chi connectivity index (χ0n) is 15.7. The van der Waals surface area contributed by atoms with Crippen molar-refractivity contribution in [2.45, 2.75) is 57.1 Å². The molecule has 1 saturated carbocycles. The van der Waals surface area contributed by atoms with Crippen molar-refractivity contribution in [2.24, 2.45) is 11.7 Å². The van der Waals surface area contributed by atoms with Crippen molar-refractivity contribution in [3.05, 3.63) is 29.8 Å². The van der Waals surface area contributed by atoms with Crippen LogP contribution in [0.25, 0.3) is 11.0 Å². The van der Waals surface area contributed by atoms with Crippen LogP contribution in [0.1, 0.15) is 44.1 Å². The molecule has 0 aliphatic heterocycles. The van der Waals surface area contributed by atoms with Gasteiger partial charge in [-0.2, -0.15) is 11.8 Å². The van der Waals surface area contributed by atoms with Gasteiger partial charge in [-0.15, -0.1) is 0 Å². The summed E-state index contributed by atoms with van der Waals surface area (Å²) in [6.07, 6.45) is 7.00. The Bertz CT molecular complexity index is 789. The number of fused-ring (bicyclic) bond motifs is 1. The Labute approximate surface area is 163 Å². The Hall–Kier alpha value is -1.57. The molecule has 0 spiro atoms. The summed E-state index contributed by atoms with van der Waals surface area (Å²) in [7, 11) is 0. The number of aliphatic hydroxyl groups is 1. The number of aryl methyl sites for hydroxylation is 1. The number of hydrogen-bond acceptors (Lipinski definition) is 6. The van der Waals surface area contributed by atoms with E-state index in [1.807, 2.05) is 13.0 Å². The molecule has 2 atom stereocenters. The molecule has 2 aromatic rings. The van der Waals surface area contributed by atoms with Crippen LogP contribution < -0.4 is 5.73 Å². The number of thioether (sulfide) groups is 1. The summed E-state index contributed by atoms with van der Waals surface area (Å²) in [6, 6.07) is 2.82. The first-order valence-corrected chi connectivity index (χ1v) is 10.7. The van der Waals surface area contributed by atoms with Crippen molar-refractivity contribution >= 4 is 28.7 Å². The van der Waals surface area contributed by atoms with Crippen LogP contribution in [0.2, 0.25) is 0 Å². The Morgan fingerprint density at radius 1 is 1.52 bits per heavy atom. The predicted molar refractivity (Wildman–Crippen MR) is 107 cm³/mol. The summed E-state index contributed by atoms with van der Waals surface area (Å²) in [5, 5.41) is 21.3. The van der Waals surface area contributed by atoms with Crippen molar-refractivity contribution in [1.29, 1.82) is 0 Å². The highest BCUT2D eigenvalue weighted by molar-refractivity contribution is 7.99. The van der Waals surface area contributed by atoms with Crippen LogP contribution in [0.3, 0.4) is 0 Å². The minimum absolute atomic E-state index is 0.144. The standard InChI is InChI=1S/C20H28N2O4S/c1-2-9-27-12-18(21)20(25,19(23)24)11-16-15-10-14(6-5-13-3-4-13)26-17(15)7-8-22-16/h7-8,10,13,18,25H,2-6,9,11-12,21H2,1H3,(H,23,24). The third-order valence-electron chi connectivity index (χ3n) is 5.14. The van der Waals surface area contributed by atoms with Crippen molar-refractivity contribution in [2.75, 3.05) is 11.5 Å². The molecular weight excluding hydrogens is 364 g/mol. The first-order valence-electron chi connectivity index (χ1n) is 9.59. The monoisotopic (exact) mass is 392 g/mol. The van der Waals surface area contributed by atoms with E-state index in [0.29, 0.717) is 17.0 Å². The van der Waals surface area contributed by atoms with E-state index in [9.17, 15) is 15.0 Å². The summed E-state index contributed by atoms with van der Waals surface area (Å²) in [6.45, 7) is 2.05. The molecular formula is C20H28N2O4S. The summed E-state index contributed by atoms with van der Waals surface area (Å²) in [5.41, 5.74) is 5.20. The van der Waals surface area contributed by atoms with E-state index in [-0.39, 0.29) is 6.42 Å². The van der Waals surface area contributed by atoms with Crippen molar-refractivity contribution < 1.29 is 19.4 Å². The first kappa shape index (κ1) is 20.2. The van der Waals surface area contributed by atoms with Gasteiger partial charge >= 0.3 is 5.97 Å².